The van der Waals surface area contributed by atoms with Crippen molar-refractivity contribution in [3.8, 4) is 0 Å². The van der Waals surface area contributed by atoms with Crippen molar-refractivity contribution in [3.05, 3.63) is 22.7 Å². The minimum Gasteiger partial charge on any atom is -0.480 e. The van der Waals surface area contributed by atoms with Gasteiger partial charge < -0.3 is 15.0 Å². The number of carboxylic acids is 1. The van der Waals surface area contributed by atoms with E-state index in [1.54, 1.807) is 17.0 Å². The highest BCUT2D eigenvalue weighted by atomic mass is 16.4. The van der Waals surface area contributed by atoms with Crippen molar-refractivity contribution in [2.75, 3.05) is 5.32 Å². The molecular weight excluding hydrogens is 270 g/mol. The molecule has 2 N–H and O–H groups in total. The number of aromatic nitrogens is 2. The highest BCUT2D eigenvalue weighted by molar-refractivity contribution is 5.77. The first kappa shape index (κ1) is 14.1. The van der Waals surface area contributed by atoms with Crippen LogP contribution in [0.4, 0.5) is 5.82 Å². The summed E-state index contributed by atoms with van der Waals surface area (Å²) in [5.74, 6) is -0.653. The molecule has 1 aromatic rings. The van der Waals surface area contributed by atoms with Gasteiger partial charge in [-0.2, -0.15) is 0 Å². The number of hydrogen-bond donors (Lipinski definition) is 2. The van der Waals surface area contributed by atoms with Crippen LogP contribution in [-0.4, -0.2) is 26.7 Å². The van der Waals surface area contributed by atoms with Crippen molar-refractivity contribution in [3.63, 3.8) is 0 Å². The number of hydrogen-bond acceptors (Lipinski definition) is 4. The fourth-order valence-corrected chi connectivity index (χ4v) is 3.16. The Morgan fingerprint density at radius 2 is 2.00 bits per heavy atom. The summed E-state index contributed by atoms with van der Waals surface area (Å²) in [5, 5.41) is 12.4. The summed E-state index contributed by atoms with van der Waals surface area (Å²) in [7, 11) is 0. The van der Waals surface area contributed by atoms with Crippen LogP contribution in [0, 0.1) is 5.92 Å². The van der Waals surface area contributed by atoms with E-state index >= 15 is 0 Å². The maximum Gasteiger partial charge on any atom is 0.326 e. The van der Waals surface area contributed by atoms with Crippen LogP contribution in [0.2, 0.25) is 0 Å². The van der Waals surface area contributed by atoms with Crippen molar-refractivity contribution in [1.82, 2.24) is 9.55 Å². The molecule has 0 amide bonds. The quantitative estimate of drug-likeness (QED) is 0.867. The number of rotatable bonds is 5. The molecule has 6 nitrogen and oxygen atoms in total. The van der Waals surface area contributed by atoms with E-state index in [-0.39, 0.29) is 23.3 Å². The first-order chi connectivity index (χ1) is 10.2. The molecule has 1 unspecified atom stereocenters. The minimum atomic E-state index is -0.898. The Balaban J connectivity index is 1.80. The maximum atomic E-state index is 12.3. The number of carbonyl (C=O) groups is 1. The summed E-state index contributed by atoms with van der Waals surface area (Å²) in [6.07, 6.45) is 10.4. The maximum absolute atomic E-state index is 12.3. The first-order valence-electron chi connectivity index (χ1n) is 7.73. The van der Waals surface area contributed by atoms with Crippen molar-refractivity contribution < 1.29 is 9.90 Å². The third kappa shape index (κ3) is 3.09. The Morgan fingerprint density at radius 3 is 2.62 bits per heavy atom. The van der Waals surface area contributed by atoms with E-state index in [0.717, 1.165) is 38.5 Å². The smallest absolute Gasteiger partial charge is 0.326 e. The van der Waals surface area contributed by atoms with Gasteiger partial charge in [-0.25, -0.2) is 9.78 Å². The monoisotopic (exact) mass is 291 g/mol. The molecule has 0 spiro atoms. The van der Waals surface area contributed by atoms with Crippen LogP contribution in [0.3, 0.4) is 0 Å². The molecular formula is C15H21N3O3. The van der Waals surface area contributed by atoms with Gasteiger partial charge in [-0.05, 0) is 31.6 Å². The lowest BCUT2D eigenvalue weighted by atomic mass is 9.84. The van der Waals surface area contributed by atoms with Gasteiger partial charge in [-0.1, -0.05) is 19.3 Å². The number of nitrogens with zero attached hydrogens (tertiary/aromatic N) is 2. The molecule has 2 aliphatic carbocycles. The summed E-state index contributed by atoms with van der Waals surface area (Å²) in [6.45, 7) is 0. The van der Waals surface area contributed by atoms with Gasteiger partial charge >= 0.3 is 5.97 Å². The molecule has 6 heteroatoms. The minimum absolute atomic E-state index is 0.0760. The summed E-state index contributed by atoms with van der Waals surface area (Å²) in [5.41, 5.74) is -0.206. The van der Waals surface area contributed by atoms with Crippen molar-refractivity contribution in [1.29, 1.82) is 0 Å². The van der Waals surface area contributed by atoms with E-state index < -0.39 is 12.0 Å². The first-order valence-corrected chi connectivity index (χ1v) is 7.73. The highest BCUT2D eigenvalue weighted by Gasteiger charge is 2.31. The molecule has 0 saturated heterocycles. The second-order valence-corrected chi connectivity index (χ2v) is 6.08. The second kappa shape index (κ2) is 5.87. The van der Waals surface area contributed by atoms with E-state index in [4.69, 9.17) is 0 Å². The van der Waals surface area contributed by atoms with E-state index in [0.29, 0.717) is 0 Å². The largest absolute Gasteiger partial charge is 0.480 e. The molecule has 1 heterocycles. The van der Waals surface area contributed by atoms with Gasteiger partial charge in [0.2, 0.25) is 0 Å². The van der Waals surface area contributed by atoms with Gasteiger partial charge in [0.05, 0.1) is 0 Å². The summed E-state index contributed by atoms with van der Waals surface area (Å²) in [6, 6.07) is -0.459. The van der Waals surface area contributed by atoms with E-state index in [9.17, 15) is 14.7 Å². The lowest BCUT2D eigenvalue weighted by molar-refractivity contribution is -0.139. The van der Waals surface area contributed by atoms with E-state index in [1.165, 1.54) is 6.42 Å². The van der Waals surface area contributed by atoms with Gasteiger partial charge in [0, 0.05) is 18.4 Å². The predicted octanol–water partition coefficient (Wildman–Crippen LogP) is 2.02. The van der Waals surface area contributed by atoms with Crippen LogP contribution in [-0.2, 0) is 4.79 Å². The zero-order chi connectivity index (χ0) is 14.8. The van der Waals surface area contributed by atoms with Crippen molar-refractivity contribution in [2.24, 2.45) is 5.92 Å². The van der Waals surface area contributed by atoms with Crippen molar-refractivity contribution >= 4 is 11.8 Å². The highest BCUT2D eigenvalue weighted by Crippen LogP contribution is 2.33. The standard InChI is InChI=1S/C15H21N3O3/c19-14-13(16-8-9-18(14)11-6-7-11)17-12(15(20)21)10-4-2-1-3-5-10/h8-12H,1-7H2,(H,16,17)(H,20,21). The average Bonchev–Trinajstić information content (AvgIpc) is 3.31. The van der Waals surface area contributed by atoms with Crippen molar-refractivity contribution in [2.45, 2.75) is 57.0 Å². The Labute approximate surface area is 123 Å². The Hall–Kier alpha value is -1.85. The van der Waals surface area contributed by atoms with Crippen LogP contribution in [0.5, 0.6) is 0 Å². The molecule has 2 aliphatic rings. The number of aliphatic carboxylic acids is 1. The van der Waals surface area contributed by atoms with Crippen LogP contribution < -0.4 is 10.9 Å². The molecule has 114 valence electrons. The molecule has 2 fully saturated rings. The van der Waals surface area contributed by atoms with Crippen LogP contribution in [0.15, 0.2) is 17.2 Å². The van der Waals surface area contributed by atoms with Gasteiger partial charge in [-0.3, -0.25) is 4.79 Å². The Kier molecular flexibility index (Phi) is 3.94. The lowest BCUT2D eigenvalue weighted by Gasteiger charge is -2.28. The fraction of sp³-hybridized carbons (Fsp3) is 0.667. The van der Waals surface area contributed by atoms with Gasteiger partial charge in [-0.15, -0.1) is 0 Å². The fourth-order valence-electron chi connectivity index (χ4n) is 3.16. The predicted molar refractivity (Wildman–Crippen MR) is 78.4 cm³/mol. The number of anilines is 1. The topological polar surface area (TPSA) is 84.2 Å². The van der Waals surface area contributed by atoms with Crippen LogP contribution in [0.1, 0.15) is 51.0 Å². The zero-order valence-corrected chi connectivity index (χ0v) is 12.0. The molecule has 0 aliphatic heterocycles. The molecule has 0 radical (unpaired) electrons. The molecule has 21 heavy (non-hydrogen) atoms. The summed E-state index contributed by atoms with van der Waals surface area (Å²) >= 11 is 0. The van der Waals surface area contributed by atoms with E-state index in [2.05, 4.69) is 10.3 Å². The number of nitrogens with one attached hydrogen (secondary N) is 1. The second-order valence-electron chi connectivity index (χ2n) is 6.08. The molecule has 2 saturated carbocycles. The molecule has 3 rings (SSSR count). The molecule has 0 aromatic carbocycles. The molecule has 1 aromatic heterocycles. The Bertz CT molecular complexity index is 574. The third-order valence-electron chi connectivity index (χ3n) is 4.49. The third-order valence-corrected chi connectivity index (χ3v) is 4.49. The van der Waals surface area contributed by atoms with Gasteiger partial charge in [0.25, 0.3) is 5.56 Å². The SMILES string of the molecule is O=C(O)C(Nc1nccn(C2CC2)c1=O)C1CCCCC1. The average molecular weight is 291 g/mol. The van der Waals surface area contributed by atoms with Crippen LogP contribution in [0.25, 0.3) is 0 Å². The van der Waals surface area contributed by atoms with Gasteiger partial charge in [0.15, 0.2) is 5.82 Å². The Morgan fingerprint density at radius 1 is 1.29 bits per heavy atom. The van der Waals surface area contributed by atoms with E-state index in [1.807, 2.05) is 0 Å². The van der Waals surface area contributed by atoms with Crippen LogP contribution >= 0.6 is 0 Å². The zero-order valence-electron chi connectivity index (χ0n) is 12.0. The molecule has 0 bridgehead atoms. The summed E-state index contributed by atoms with van der Waals surface area (Å²) in [4.78, 5) is 27.9. The summed E-state index contributed by atoms with van der Waals surface area (Å²) < 4.78 is 1.66. The molecule has 1 atom stereocenters. The number of carboxylic acid groups (broad SMARTS) is 1. The lowest BCUT2D eigenvalue weighted by Crippen LogP contribution is -2.40. The normalized spacial score (nSPS) is 21.0. The van der Waals surface area contributed by atoms with Gasteiger partial charge in [0.1, 0.15) is 6.04 Å².